The summed E-state index contributed by atoms with van der Waals surface area (Å²) in [5.74, 6) is -1.93. The molecular weight excluding hydrogens is 293 g/mol. The molecule has 0 aliphatic heterocycles. The third-order valence-corrected chi connectivity index (χ3v) is 2.89. The Morgan fingerprint density at radius 2 is 1.73 bits per heavy atom. The van der Waals surface area contributed by atoms with Crippen molar-refractivity contribution < 1.29 is 19.0 Å². The number of hydrogen-bond donors (Lipinski definition) is 2. The fraction of sp³-hybridized carbons (Fsp3) is 0.333. The second-order valence-electron chi connectivity index (χ2n) is 2.97. The van der Waals surface area contributed by atoms with E-state index in [9.17, 15) is 19.0 Å². The van der Waals surface area contributed by atoms with Crippen LogP contribution in [0.5, 0.6) is 0 Å². The molecule has 1 aromatic carbocycles. The van der Waals surface area contributed by atoms with Crippen molar-refractivity contribution in [1.29, 1.82) is 0 Å². The molecule has 0 spiro atoms. The summed E-state index contributed by atoms with van der Waals surface area (Å²) in [4.78, 5) is 0. The lowest BCUT2D eigenvalue weighted by Crippen LogP contribution is -2.19. The first-order chi connectivity index (χ1) is 6.97. The molecule has 0 aliphatic carbocycles. The first-order valence-electron chi connectivity index (χ1n) is 4.04. The van der Waals surface area contributed by atoms with Crippen molar-refractivity contribution in [3.05, 3.63) is 34.4 Å². The van der Waals surface area contributed by atoms with Crippen molar-refractivity contribution in [2.45, 2.75) is 12.2 Å². The molecule has 0 fully saturated rings. The smallest absolute Gasteiger partial charge is 0.145 e. The summed E-state index contributed by atoms with van der Waals surface area (Å²) < 4.78 is 26.0. The third-order valence-electron chi connectivity index (χ3n) is 1.87. The maximum atomic E-state index is 13.0. The summed E-state index contributed by atoms with van der Waals surface area (Å²) in [6.45, 7) is 0. The Kier molecular flexibility index (Phi) is 4.45. The molecule has 1 rings (SSSR count). The van der Waals surface area contributed by atoms with Crippen molar-refractivity contribution in [2.75, 3.05) is 5.33 Å². The Morgan fingerprint density at radius 3 is 2.13 bits per heavy atom. The van der Waals surface area contributed by atoms with E-state index in [1.807, 2.05) is 0 Å². The highest BCUT2D eigenvalue weighted by Crippen LogP contribution is 2.25. The van der Waals surface area contributed by atoms with Crippen LogP contribution in [0.4, 0.5) is 8.78 Å². The van der Waals surface area contributed by atoms with Gasteiger partial charge < -0.3 is 10.2 Å². The molecule has 0 aliphatic rings. The molecule has 0 saturated carbocycles. The molecule has 0 radical (unpaired) electrons. The van der Waals surface area contributed by atoms with Gasteiger partial charge in [-0.25, -0.2) is 8.78 Å². The molecule has 1 aromatic rings. The second-order valence-corrected chi connectivity index (χ2v) is 3.99. The van der Waals surface area contributed by atoms with Crippen LogP contribution in [0.1, 0.15) is 11.7 Å². The fourth-order valence-corrected chi connectivity index (χ4v) is 1.52. The van der Waals surface area contributed by atoms with Crippen LogP contribution in [0.25, 0.3) is 0 Å². The van der Waals surface area contributed by atoms with Crippen molar-refractivity contribution in [2.24, 2.45) is 0 Å². The summed E-state index contributed by atoms with van der Waals surface area (Å²) in [6, 6.07) is 1.78. The van der Waals surface area contributed by atoms with Gasteiger partial charge in [-0.15, -0.1) is 0 Å². The Labute approximate surface area is 98.6 Å². The topological polar surface area (TPSA) is 40.5 Å². The van der Waals surface area contributed by atoms with Gasteiger partial charge in [0.2, 0.25) is 0 Å². The lowest BCUT2D eigenvalue weighted by molar-refractivity contribution is 0.0339. The zero-order chi connectivity index (χ0) is 11.6. The van der Waals surface area contributed by atoms with E-state index < -0.39 is 28.9 Å². The lowest BCUT2D eigenvalue weighted by Gasteiger charge is -2.16. The van der Waals surface area contributed by atoms with Gasteiger partial charge >= 0.3 is 0 Å². The Bertz CT molecular complexity index is 339. The first kappa shape index (κ1) is 12.8. The number of aliphatic hydroxyl groups is 2. The van der Waals surface area contributed by atoms with Crippen LogP contribution in [-0.4, -0.2) is 21.6 Å². The molecule has 0 amide bonds. The van der Waals surface area contributed by atoms with Crippen molar-refractivity contribution in [3.8, 4) is 0 Å². The maximum Gasteiger partial charge on any atom is 0.145 e. The standard InChI is InChI=1S/C9H8BrClF2O2/c10-3-7(14)9(15)4-1-5(12)8(11)6(13)2-4/h1-2,7,9,14-15H,3H2. The molecule has 2 N–H and O–H groups in total. The lowest BCUT2D eigenvalue weighted by atomic mass is 10.1. The Hall–Kier alpha value is -0.230. The van der Waals surface area contributed by atoms with E-state index in [0.29, 0.717) is 0 Å². The van der Waals surface area contributed by atoms with Gasteiger partial charge in [0.25, 0.3) is 0 Å². The molecular formula is C9H8BrClF2O2. The predicted octanol–water partition coefficient (Wildman–Crippen LogP) is 2.41. The number of aliphatic hydroxyl groups excluding tert-OH is 2. The predicted molar refractivity (Wildman–Crippen MR) is 56.1 cm³/mol. The van der Waals surface area contributed by atoms with Gasteiger partial charge in [0.05, 0.1) is 6.10 Å². The normalized spacial score (nSPS) is 15.1. The SMILES string of the molecule is OC(CBr)C(O)c1cc(F)c(Cl)c(F)c1. The monoisotopic (exact) mass is 300 g/mol. The molecule has 15 heavy (non-hydrogen) atoms. The van der Waals surface area contributed by atoms with Gasteiger partial charge in [0.1, 0.15) is 22.8 Å². The average molecular weight is 302 g/mol. The molecule has 2 atom stereocenters. The third kappa shape index (κ3) is 2.87. The average Bonchev–Trinajstić information content (AvgIpc) is 2.23. The van der Waals surface area contributed by atoms with Gasteiger partial charge in [0, 0.05) is 5.33 Å². The van der Waals surface area contributed by atoms with Crippen LogP contribution >= 0.6 is 27.5 Å². The molecule has 2 unspecified atom stereocenters. The van der Waals surface area contributed by atoms with Crippen LogP contribution in [0.2, 0.25) is 5.02 Å². The highest BCUT2D eigenvalue weighted by molar-refractivity contribution is 9.09. The van der Waals surface area contributed by atoms with E-state index in [1.54, 1.807) is 0 Å². The zero-order valence-corrected chi connectivity index (χ0v) is 9.76. The molecule has 2 nitrogen and oxygen atoms in total. The first-order valence-corrected chi connectivity index (χ1v) is 5.53. The van der Waals surface area contributed by atoms with Gasteiger partial charge in [-0.05, 0) is 17.7 Å². The summed E-state index contributed by atoms with van der Waals surface area (Å²) in [5.41, 5.74) is -0.0543. The molecule has 84 valence electrons. The second kappa shape index (κ2) is 5.21. The minimum absolute atomic E-state index is 0.0543. The van der Waals surface area contributed by atoms with Gasteiger partial charge in [-0.1, -0.05) is 27.5 Å². The number of benzene rings is 1. The number of halogens is 4. The van der Waals surface area contributed by atoms with Gasteiger partial charge in [0.15, 0.2) is 0 Å². The van der Waals surface area contributed by atoms with Crippen LogP contribution < -0.4 is 0 Å². The van der Waals surface area contributed by atoms with E-state index in [0.717, 1.165) is 12.1 Å². The molecule has 0 saturated heterocycles. The van der Waals surface area contributed by atoms with Crippen molar-refractivity contribution >= 4 is 27.5 Å². The molecule has 6 heteroatoms. The van der Waals surface area contributed by atoms with E-state index in [-0.39, 0.29) is 10.9 Å². The largest absolute Gasteiger partial charge is 0.389 e. The minimum Gasteiger partial charge on any atom is -0.389 e. The highest BCUT2D eigenvalue weighted by Gasteiger charge is 2.20. The van der Waals surface area contributed by atoms with Crippen LogP contribution in [-0.2, 0) is 0 Å². The molecule has 0 bridgehead atoms. The fourth-order valence-electron chi connectivity index (χ4n) is 1.05. The van der Waals surface area contributed by atoms with Crippen LogP contribution in [0.3, 0.4) is 0 Å². The van der Waals surface area contributed by atoms with Crippen LogP contribution in [0.15, 0.2) is 12.1 Å². The van der Waals surface area contributed by atoms with Gasteiger partial charge in [-0.3, -0.25) is 0 Å². The summed E-state index contributed by atoms with van der Waals surface area (Å²) in [7, 11) is 0. The van der Waals surface area contributed by atoms with Gasteiger partial charge in [-0.2, -0.15) is 0 Å². The quantitative estimate of drug-likeness (QED) is 0.665. The summed E-state index contributed by atoms with van der Waals surface area (Å²) in [5, 5.41) is 18.2. The zero-order valence-electron chi connectivity index (χ0n) is 7.42. The van der Waals surface area contributed by atoms with Crippen molar-refractivity contribution in [1.82, 2.24) is 0 Å². The highest BCUT2D eigenvalue weighted by atomic mass is 79.9. The van der Waals surface area contributed by atoms with Crippen molar-refractivity contribution in [3.63, 3.8) is 0 Å². The number of alkyl halides is 1. The van der Waals surface area contributed by atoms with E-state index in [4.69, 9.17) is 11.6 Å². The Balaban J connectivity index is 3.06. The summed E-state index contributed by atoms with van der Waals surface area (Å²) >= 11 is 8.20. The van der Waals surface area contributed by atoms with E-state index in [2.05, 4.69) is 15.9 Å². The Morgan fingerprint density at radius 1 is 1.27 bits per heavy atom. The minimum atomic E-state index is -1.36. The summed E-state index contributed by atoms with van der Waals surface area (Å²) in [6.07, 6.45) is -2.49. The molecule has 0 heterocycles. The molecule has 0 aromatic heterocycles. The van der Waals surface area contributed by atoms with Crippen LogP contribution in [0, 0.1) is 11.6 Å². The number of hydrogen-bond acceptors (Lipinski definition) is 2. The number of rotatable bonds is 3. The van der Waals surface area contributed by atoms with E-state index in [1.165, 1.54) is 0 Å². The maximum absolute atomic E-state index is 13.0. The van der Waals surface area contributed by atoms with E-state index >= 15 is 0 Å².